The normalized spacial score (nSPS) is 19.6. The molecule has 2 fully saturated rings. The standard InChI is InChI=1S/C29H32BrCl2N3O6/c1-39-11-12-40-13-14-41-28(38)22(35-25-24(30)26(36)29(25)9-3-2-4-10-29)15-18-5-7-19(8-6-18)34-27(37)23-20(31)16-33-17-21(23)32/h5-8,16-17,22,24H,2-4,9-15H2,1H3,(H,34,37)/t22-,24?/m0/s1. The van der Waals surface area contributed by atoms with Crippen LogP contribution in [0.5, 0.6) is 0 Å². The van der Waals surface area contributed by atoms with E-state index in [1.807, 2.05) is 0 Å². The Bertz CT molecular complexity index is 1260. The van der Waals surface area contributed by atoms with Crippen molar-refractivity contribution in [2.24, 2.45) is 10.4 Å². The van der Waals surface area contributed by atoms with E-state index in [0.29, 0.717) is 18.9 Å². The molecule has 1 aromatic carbocycles. The van der Waals surface area contributed by atoms with Crippen molar-refractivity contribution in [3.63, 3.8) is 0 Å². The number of nitrogens with zero attached hydrogens (tertiary/aromatic N) is 2. The first-order valence-electron chi connectivity index (χ1n) is 13.5. The number of hydrogen-bond donors (Lipinski definition) is 1. The molecule has 0 bridgehead atoms. The largest absolute Gasteiger partial charge is 0.462 e. The van der Waals surface area contributed by atoms with Crippen molar-refractivity contribution in [3.8, 4) is 0 Å². The predicted octanol–water partition coefficient (Wildman–Crippen LogP) is 5.50. The summed E-state index contributed by atoms with van der Waals surface area (Å²) in [6.45, 7) is 1.17. The number of aromatic nitrogens is 1. The summed E-state index contributed by atoms with van der Waals surface area (Å²) in [6, 6.07) is 6.20. The number of hydrogen-bond acceptors (Lipinski definition) is 8. The lowest BCUT2D eigenvalue weighted by Gasteiger charge is -2.48. The van der Waals surface area contributed by atoms with Gasteiger partial charge in [-0.15, -0.1) is 0 Å². The van der Waals surface area contributed by atoms with Crippen LogP contribution in [-0.2, 0) is 30.2 Å². The number of anilines is 1. The highest BCUT2D eigenvalue weighted by molar-refractivity contribution is 9.10. The van der Waals surface area contributed by atoms with Gasteiger partial charge in [-0.2, -0.15) is 0 Å². The topological polar surface area (TPSA) is 116 Å². The lowest BCUT2D eigenvalue weighted by molar-refractivity contribution is -0.147. The van der Waals surface area contributed by atoms with Gasteiger partial charge in [0.1, 0.15) is 11.4 Å². The van der Waals surface area contributed by atoms with Crippen molar-refractivity contribution in [1.29, 1.82) is 0 Å². The number of pyridine rings is 1. The van der Waals surface area contributed by atoms with Crippen molar-refractivity contribution >= 4 is 68.2 Å². The number of ketones is 1. The van der Waals surface area contributed by atoms with Crippen LogP contribution >= 0.6 is 39.1 Å². The van der Waals surface area contributed by atoms with Crippen LogP contribution in [0.1, 0.15) is 48.0 Å². The molecule has 2 aromatic rings. The van der Waals surface area contributed by atoms with Gasteiger partial charge in [0.25, 0.3) is 5.91 Å². The third-order valence-electron chi connectivity index (χ3n) is 7.33. The molecule has 1 unspecified atom stereocenters. The van der Waals surface area contributed by atoms with Crippen LogP contribution in [0.15, 0.2) is 41.7 Å². The molecule has 2 saturated carbocycles. The van der Waals surface area contributed by atoms with E-state index in [1.165, 1.54) is 12.4 Å². The fourth-order valence-corrected chi connectivity index (χ4v) is 6.70. The van der Waals surface area contributed by atoms with Crippen molar-refractivity contribution < 1.29 is 28.6 Å². The van der Waals surface area contributed by atoms with Gasteiger partial charge in [0.2, 0.25) is 0 Å². The molecular formula is C29H32BrCl2N3O6. The van der Waals surface area contributed by atoms with Crippen LogP contribution in [0, 0.1) is 5.41 Å². The van der Waals surface area contributed by atoms with Crippen LogP contribution in [0.4, 0.5) is 5.69 Å². The van der Waals surface area contributed by atoms with E-state index in [4.69, 9.17) is 42.4 Å². The fraction of sp³-hybridized carbons (Fsp3) is 0.483. The maximum atomic E-state index is 13.2. The first-order valence-corrected chi connectivity index (χ1v) is 15.1. The average Bonchev–Trinajstić information content (AvgIpc) is 2.97. The summed E-state index contributed by atoms with van der Waals surface area (Å²) in [5, 5.41) is 3.06. The highest BCUT2D eigenvalue weighted by Crippen LogP contribution is 2.49. The summed E-state index contributed by atoms with van der Waals surface area (Å²) < 4.78 is 15.9. The molecule has 0 saturated heterocycles. The van der Waals surface area contributed by atoms with Crippen LogP contribution in [0.3, 0.4) is 0 Å². The fourth-order valence-electron chi connectivity index (χ4n) is 5.17. The summed E-state index contributed by atoms with van der Waals surface area (Å²) in [5.41, 5.74) is 1.61. The molecule has 0 radical (unpaired) electrons. The summed E-state index contributed by atoms with van der Waals surface area (Å²) in [4.78, 5) is 47.1. The van der Waals surface area contributed by atoms with Gasteiger partial charge >= 0.3 is 5.97 Å². The zero-order valence-corrected chi connectivity index (χ0v) is 25.8. The first-order chi connectivity index (χ1) is 19.8. The van der Waals surface area contributed by atoms with E-state index in [-0.39, 0.29) is 41.0 Å². The van der Waals surface area contributed by atoms with Gasteiger partial charge in [0.05, 0.1) is 40.8 Å². The van der Waals surface area contributed by atoms with Gasteiger partial charge in [-0.1, -0.05) is 70.5 Å². The zero-order valence-electron chi connectivity index (χ0n) is 22.7. The number of carbonyl (C=O) groups excluding carboxylic acids is 3. The highest BCUT2D eigenvalue weighted by atomic mass is 79.9. The maximum absolute atomic E-state index is 13.2. The molecule has 2 aliphatic rings. The molecule has 1 aromatic heterocycles. The number of ether oxygens (including phenoxy) is 3. The second kappa shape index (κ2) is 14.7. The molecular weight excluding hydrogens is 637 g/mol. The van der Waals surface area contributed by atoms with Crippen LogP contribution < -0.4 is 5.32 Å². The van der Waals surface area contributed by atoms with E-state index in [0.717, 1.165) is 43.4 Å². The molecule has 4 rings (SSSR count). The highest BCUT2D eigenvalue weighted by Gasteiger charge is 2.58. The first kappa shape index (κ1) is 31.6. The Morgan fingerprint density at radius 2 is 1.73 bits per heavy atom. The van der Waals surface area contributed by atoms with Gasteiger partial charge in [-0.3, -0.25) is 19.6 Å². The van der Waals surface area contributed by atoms with Gasteiger partial charge in [-0.05, 0) is 30.5 Å². The lowest BCUT2D eigenvalue weighted by atomic mass is 9.58. The Morgan fingerprint density at radius 1 is 1.07 bits per heavy atom. The Hall–Kier alpha value is -2.37. The Labute approximate surface area is 257 Å². The molecule has 2 atom stereocenters. The molecule has 41 heavy (non-hydrogen) atoms. The number of Topliss-reactive ketones (excluding diaryl/α,β-unsaturated/α-hetero) is 1. The number of esters is 1. The van der Waals surface area contributed by atoms with Crippen molar-refractivity contribution in [3.05, 3.63) is 57.8 Å². The average molecular weight is 669 g/mol. The predicted molar refractivity (Wildman–Crippen MR) is 160 cm³/mol. The second-order valence-corrected chi connectivity index (χ2v) is 11.7. The Morgan fingerprint density at radius 3 is 2.39 bits per heavy atom. The number of amides is 1. The minimum atomic E-state index is -0.842. The molecule has 12 heteroatoms. The smallest absolute Gasteiger partial charge is 0.331 e. The van der Waals surface area contributed by atoms with Crippen molar-refractivity contribution in [2.75, 3.05) is 38.9 Å². The minimum Gasteiger partial charge on any atom is -0.462 e. The number of halogens is 3. The van der Waals surface area contributed by atoms with E-state index in [2.05, 4.69) is 26.2 Å². The molecule has 1 spiro atoms. The van der Waals surface area contributed by atoms with Crippen molar-refractivity contribution in [1.82, 2.24) is 4.98 Å². The van der Waals surface area contributed by atoms with Gasteiger partial charge in [-0.25, -0.2) is 4.79 Å². The Kier molecular flexibility index (Phi) is 11.3. The van der Waals surface area contributed by atoms with Crippen LogP contribution in [-0.4, -0.2) is 72.8 Å². The van der Waals surface area contributed by atoms with Gasteiger partial charge in [0, 0.05) is 37.3 Å². The number of rotatable bonds is 12. The molecule has 1 amide bonds. The van der Waals surface area contributed by atoms with E-state index in [9.17, 15) is 14.4 Å². The van der Waals surface area contributed by atoms with E-state index < -0.39 is 28.2 Å². The molecule has 220 valence electrons. The minimum absolute atomic E-state index is 0.0802. The third kappa shape index (κ3) is 7.53. The molecule has 2 aliphatic carbocycles. The van der Waals surface area contributed by atoms with E-state index in [1.54, 1.807) is 31.4 Å². The number of benzene rings is 1. The third-order valence-corrected chi connectivity index (χ3v) is 8.75. The maximum Gasteiger partial charge on any atom is 0.331 e. The molecule has 1 heterocycles. The lowest BCUT2D eigenvalue weighted by Crippen LogP contribution is -2.61. The summed E-state index contributed by atoms with van der Waals surface area (Å²) in [7, 11) is 1.58. The van der Waals surface area contributed by atoms with Crippen molar-refractivity contribution in [2.45, 2.75) is 49.4 Å². The summed E-state index contributed by atoms with van der Waals surface area (Å²) in [5.74, 6) is -0.812. The molecule has 9 nitrogen and oxygen atoms in total. The van der Waals surface area contributed by atoms with Gasteiger partial charge < -0.3 is 19.5 Å². The van der Waals surface area contributed by atoms with Gasteiger partial charge in [0.15, 0.2) is 11.8 Å². The summed E-state index contributed by atoms with van der Waals surface area (Å²) >= 11 is 15.7. The van der Waals surface area contributed by atoms with Crippen LogP contribution in [0.2, 0.25) is 10.0 Å². The quantitative estimate of drug-likeness (QED) is 0.181. The molecule has 0 aliphatic heterocycles. The van der Waals surface area contributed by atoms with E-state index >= 15 is 0 Å². The monoisotopic (exact) mass is 667 g/mol. The molecule has 1 N–H and O–H groups in total. The summed E-state index contributed by atoms with van der Waals surface area (Å²) in [6.07, 6.45) is 7.47. The number of carbonyl (C=O) groups is 3. The Balaban J connectivity index is 1.48. The second-order valence-electron chi connectivity index (χ2n) is 10.0. The zero-order chi connectivity index (χ0) is 29.4. The SMILES string of the molecule is COCCOCCOC(=O)[C@H](Cc1ccc(NC(=O)c2c(Cl)cncc2Cl)cc1)N=C1C(Br)C(=O)C12CCCCC2. The number of nitrogens with one attached hydrogen (secondary N) is 1. The number of aliphatic imine (C=N–C) groups is 1. The number of methoxy groups -OCH3 is 1. The number of alkyl halides is 1. The van der Waals surface area contributed by atoms with Crippen LogP contribution in [0.25, 0.3) is 0 Å².